The summed E-state index contributed by atoms with van der Waals surface area (Å²) in [6.45, 7) is 0.439. The summed E-state index contributed by atoms with van der Waals surface area (Å²) in [7, 11) is 2.96. The Hall–Kier alpha value is -2.45. The average Bonchev–Trinajstić information content (AvgIpc) is 2.89. The number of methoxy groups -OCH3 is 2. The molecular weight excluding hydrogens is 326 g/mol. The van der Waals surface area contributed by atoms with E-state index in [9.17, 15) is 14.4 Å². The number of rotatable bonds is 9. The van der Waals surface area contributed by atoms with E-state index in [4.69, 9.17) is 9.47 Å². The van der Waals surface area contributed by atoms with Gasteiger partial charge in [-0.3, -0.25) is 14.5 Å². The molecule has 1 heterocycles. The number of carbonyl (C=O) groups excluding carboxylic acids is 3. The molecule has 2 N–H and O–H groups in total. The van der Waals surface area contributed by atoms with Crippen LogP contribution in [0.2, 0.25) is 0 Å². The standard InChI is InChI=1S/C17H23N3O5/c1-24-15(25-2)10-18-14(21)9-8-13-16(22)20(17(23)19-13)11-12-6-4-3-5-7-12/h3-7,13,15H,8-11H2,1-2H3,(H,18,21)(H,19,23). The lowest BCUT2D eigenvalue weighted by Crippen LogP contribution is -2.36. The fourth-order valence-electron chi connectivity index (χ4n) is 2.51. The van der Waals surface area contributed by atoms with Crippen molar-refractivity contribution in [1.82, 2.24) is 15.5 Å². The molecule has 0 bridgehead atoms. The predicted octanol–water partition coefficient (Wildman–Crippen LogP) is 0.622. The van der Waals surface area contributed by atoms with Crippen LogP contribution in [-0.2, 0) is 25.6 Å². The minimum atomic E-state index is -0.678. The summed E-state index contributed by atoms with van der Waals surface area (Å²) in [6, 6.07) is 8.16. The fourth-order valence-corrected chi connectivity index (χ4v) is 2.51. The largest absolute Gasteiger partial charge is 0.354 e. The highest BCUT2D eigenvalue weighted by molar-refractivity contribution is 6.04. The molecule has 0 aromatic heterocycles. The predicted molar refractivity (Wildman–Crippen MR) is 89.4 cm³/mol. The number of urea groups is 1. The zero-order chi connectivity index (χ0) is 18.2. The molecule has 0 aliphatic carbocycles. The Morgan fingerprint density at radius 3 is 2.56 bits per heavy atom. The van der Waals surface area contributed by atoms with Crippen molar-refractivity contribution in [2.75, 3.05) is 20.8 Å². The minimum Gasteiger partial charge on any atom is -0.354 e. The zero-order valence-electron chi connectivity index (χ0n) is 14.4. The van der Waals surface area contributed by atoms with Crippen LogP contribution in [0.3, 0.4) is 0 Å². The third kappa shape index (κ3) is 5.27. The number of hydrogen-bond donors (Lipinski definition) is 2. The van der Waals surface area contributed by atoms with E-state index in [1.165, 1.54) is 19.1 Å². The molecule has 0 radical (unpaired) electrons. The molecule has 1 fully saturated rings. The van der Waals surface area contributed by atoms with Crippen LogP contribution in [-0.4, -0.2) is 55.8 Å². The van der Waals surface area contributed by atoms with Gasteiger partial charge in [0.05, 0.1) is 13.1 Å². The topological polar surface area (TPSA) is 97.0 Å². The van der Waals surface area contributed by atoms with E-state index in [0.29, 0.717) is 0 Å². The average molecular weight is 349 g/mol. The lowest BCUT2D eigenvalue weighted by atomic mass is 10.1. The number of amides is 4. The maximum atomic E-state index is 12.4. The van der Waals surface area contributed by atoms with Crippen LogP contribution in [0.15, 0.2) is 30.3 Å². The number of hydrogen-bond acceptors (Lipinski definition) is 5. The van der Waals surface area contributed by atoms with Gasteiger partial charge in [0.15, 0.2) is 6.29 Å². The maximum Gasteiger partial charge on any atom is 0.325 e. The van der Waals surface area contributed by atoms with E-state index >= 15 is 0 Å². The van der Waals surface area contributed by atoms with Crippen molar-refractivity contribution in [2.45, 2.75) is 31.7 Å². The Labute approximate surface area is 146 Å². The third-order valence-electron chi connectivity index (χ3n) is 3.94. The first-order valence-electron chi connectivity index (χ1n) is 8.03. The SMILES string of the molecule is COC(CNC(=O)CCC1NC(=O)N(Cc2ccccc2)C1=O)OC. The first-order valence-corrected chi connectivity index (χ1v) is 8.03. The summed E-state index contributed by atoms with van der Waals surface area (Å²) in [5, 5.41) is 5.28. The van der Waals surface area contributed by atoms with E-state index in [-0.39, 0.29) is 37.7 Å². The fraction of sp³-hybridized carbons (Fsp3) is 0.471. The summed E-state index contributed by atoms with van der Waals surface area (Å²) < 4.78 is 9.95. The van der Waals surface area contributed by atoms with Crippen LogP contribution in [0.4, 0.5) is 4.79 Å². The van der Waals surface area contributed by atoms with Crippen molar-refractivity contribution < 1.29 is 23.9 Å². The van der Waals surface area contributed by atoms with E-state index in [1.807, 2.05) is 30.3 Å². The van der Waals surface area contributed by atoms with Crippen LogP contribution in [0.5, 0.6) is 0 Å². The van der Waals surface area contributed by atoms with Gasteiger partial charge >= 0.3 is 6.03 Å². The molecule has 1 atom stereocenters. The van der Waals surface area contributed by atoms with Gasteiger partial charge in [-0.05, 0) is 12.0 Å². The Balaban J connectivity index is 1.80. The first-order chi connectivity index (χ1) is 12.0. The Morgan fingerprint density at radius 1 is 1.24 bits per heavy atom. The monoisotopic (exact) mass is 349 g/mol. The summed E-state index contributed by atoms with van der Waals surface area (Å²) in [4.78, 5) is 37.4. The van der Waals surface area contributed by atoms with Crippen molar-refractivity contribution >= 4 is 17.8 Å². The zero-order valence-corrected chi connectivity index (χ0v) is 14.4. The molecule has 4 amide bonds. The van der Waals surface area contributed by atoms with E-state index in [2.05, 4.69) is 10.6 Å². The summed E-state index contributed by atoms with van der Waals surface area (Å²) in [5.41, 5.74) is 0.870. The second-order valence-electron chi connectivity index (χ2n) is 5.66. The van der Waals surface area contributed by atoms with E-state index in [1.54, 1.807) is 0 Å². The van der Waals surface area contributed by atoms with E-state index < -0.39 is 18.4 Å². The molecule has 25 heavy (non-hydrogen) atoms. The smallest absolute Gasteiger partial charge is 0.325 e. The molecule has 1 aliphatic rings. The van der Waals surface area contributed by atoms with Crippen LogP contribution in [0.25, 0.3) is 0 Å². The molecule has 0 spiro atoms. The van der Waals surface area contributed by atoms with Crippen molar-refractivity contribution in [3.05, 3.63) is 35.9 Å². The highest BCUT2D eigenvalue weighted by Crippen LogP contribution is 2.15. The number of carbonyl (C=O) groups is 3. The molecular formula is C17H23N3O5. The number of benzene rings is 1. The summed E-state index contributed by atoms with van der Waals surface area (Å²) in [5.74, 6) is -0.545. The van der Waals surface area contributed by atoms with Crippen molar-refractivity contribution in [3.63, 3.8) is 0 Å². The summed E-state index contributed by atoms with van der Waals surface area (Å²) in [6.07, 6.45) is -0.152. The van der Waals surface area contributed by atoms with E-state index in [0.717, 1.165) is 5.56 Å². The summed E-state index contributed by atoms with van der Waals surface area (Å²) >= 11 is 0. The molecule has 0 saturated carbocycles. The van der Waals surface area contributed by atoms with Gasteiger partial charge in [-0.1, -0.05) is 30.3 Å². The van der Waals surface area contributed by atoms with Gasteiger partial charge in [0.2, 0.25) is 5.91 Å². The lowest BCUT2D eigenvalue weighted by molar-refractivity contribution is -0.129. The highest BCUT2D eigenvalue weighted by Gasteiger charge is 2.37. The second-order valence-corrected chi connectivity index (χ2v) is 5.66. The van der Waals surface area contributed by atoms with Crippen LogP contribution in [0.1, 0.15) is 18.4 Å². The van der Waals surface area contributed by atoms with Crippen molar-refractivity contribution in [3.8, 4) is 0 Å². The number of nitrogens with zero attached hydrogens (tertiary/aromatic N) is 1. The van der Waals surface area contributed by atoms with Gasteiger partial charge in [-0.2, -0.15) is 0 Å². The van der Waals surface area contributed by atoms with Gasteiger partial charge < -0.3 is 20.1 Å². The maximum absolute atomic E-state index is 12.4. The Kier molecular flexibility index (Phi) is 6.91. The minimum absolute atomic E-state index is 0.121. The third-order valence-corrected chi connectivity index (χ3v) is 3.94. The Bertz CT molecular complexity index is 604. The Morgan fingerprint density at radius 2 is 1.92 bits per heavy atom. The van der Waals surface area contributed by atoms with Gasteiger partial charge in [-0.15, -0.1) is 0 Å². The molecule has 1 aromatic rings. The van der Waals surface area contributed by atoms with Gasteiger partial charge in [0, 0.05) is 20.6 Å². The highest BCUT2D eigenvalue weighted by atomic mass is 16.7. The molecule has 8 nitrogen and oxygen atoms in total. The molecule has 1 aromatic carbocycles. The number of imide groups is 1. The quantitative estimate of drug-likeness (QED) is 0.503. The molecule has 1 aliphatic heterocycles. The van der Waals surface area contributed by atoms with Crippen LogP contribution < -0.4 is 10.6 Å². The first kappa shape index (κ1) is 18.9. The second kappa shape index (κ2) is 9.14. The lowest BCUT2D eigenvalue weighted by Gasteiger charge is -2.15. The number of nitrogens with one attached hydrogen (secondary N) is 2. The number of ether oxygens (including phenoxy) is 2. The van der Waals surface area contributed by atoms with Gasteiger partial charge in [0.25, 0.3) is 5.91 Å². The van der Waals surface area contributed by atoms with Gasteiger partial charge in [-0.25, -0.2) is 4.79 Å². The molecule has 1 unspecified atom stereocenters. The van der Waals surface area contributed by atoms with Crippen molar-refractivity contribution in [1.29, 1.82) is 0 Å². The van der Waals surface area contributed by atoms with Crippen LogP contribution >= 0.6 is 0 Å². The molecule has 2 rings (SSSR count). The van der Waals surface area contributed by atoms with Gasteiger partial charge in [0.1, 0.15) is 6.04 Å². The molecule has 1 saturated heterocycles. The normalized spacial score (nSPS) is 17.1. The van der Waals surface area contributed by atoms with Crippen molar-refractivity contribution in [2.24, 2.45) is 0 Å². The van der Waals surface area contributed by atoms with Crippen LogP contribution in [0, 0.1) is 0 Å². The molecule has 136 valence electrons. The molecule has 8 heteroatoms.